The number of halogens is 1. The molecular weight excluding hydrogens is 384 g/mol. The molecule has 0 spiro atoms. The summed E-state index contributed by atoms with van der Waals surface area (Å²) in [7, 11) is 0. The number of amides is 2. The summed E-state index contributed by atoms with van der Waals surface area (Å²) in [6, 6.07) is 10.7. The number of nitriles is 1. The van der Waals surface area contributed by atoms with E-state index in [1.807, 2.05) is 24.3 Å². The van der Waals surface area contributed by atoms with Gasteiger partial charge in [-0.1, -0.05) is 6.07 Å². The summed E-state index contributed by atoms with van der Waals surface area (Å²) in [6.45, 7) is 1.94. The number of fused-ring (bicyclic) bond motifs is 3. The minimum Gasteiger partial charge on any atom is -0.489 e. The van der Waals surface area contributed by atoms with Gasteiger partial charge in [-0.3, -0.25) is 9.69 Å². The minimum absolute atomic E-state index is 0. The zero-order valence-electron chi connectivity index (χ0n) is 14.9. The van der Waals surface area contributed by atoms with E-state index in [2.05, 4.69) is 10.3 Å². The van der Waals surface area contributed by atoms with Gasteiger partial charge in [-0.2, -0.15) is 5.26 Å². The summed E-state index contributed by atoms with van der Waals surface area (Å²) in [5.74, 6) is 0.396. The summed E-state index contributed by atoms with van der Waals surface area (Å²) < 4.78 is 11.3. The highest BCUT2D eigenvalue weighted by Gasteiger charge is 2.46. The first-order valence-electron chi connectivity index (χ1n) is 8.44. The third kappa shape index (κ3) is 3.44. The highest BCUT2D eigenvalue weighted by Crippen LogP contribution is 2.40. The molecule has 0 radical (unpaired) electrons. The van der Waals surface area contributed by atoms with E-state index in [0.29, 0.717) is 17.1 Å². The molecule has 2 aliphatic rings. The predicted octanol–water partition coefficient (Wildman–Crippen LogP) is 2.26. The second kappa shape index (κ2) is 7.74. The van der Waals surface area contributed by atoms with Crippen LogP contribution in [0.3, 0.4) is 0 Å². The number of carbonyl (C=O) groups excluding carboxylic acids is 2. The highest BCUT2D eigenvalue weighted by atomic mass is 35.5. The number of nitrogens with one attached hydrogen (secondary N) is 1. The van der Waals surface area contributed by atoms with E-state index in [0.717, 1.165) is 11.1 Å². The predicted molar refractivity (Wildman–Crippen MR) is 102 cm³/mol. The molecule has 0 bridgehead atoms. The number of nitrogens with zero attached hydrogens (tertiary/aromatic N) is 3. The fourth-order valence-corrected chi connectivity index (χ4v) is 3.26. The average Bonchev–Trinajstić information content (AvgIpc) is 3.02. The molecule has 1 saturated heterocycles. The molecular formula is C19H17ClN4O4. The first kappa shape index (κ1) is 19.5. The van der Waals surface area contributed by atoms with E-state index in [9.17, 15) is 9.59 Å². The van der Waals surface area contributed by atoms with Crippen molar-refractivity contribution < 1.29 is 19.1 Å². The lowest BCUT2D eigenvalue weighted by Crippen LogP contribution is -2.47. The van der Waals surface area contributed by atoms with Crippen molar-refractivity contribution in [3.63, 3.8) is 0 Å². The van der Waals surface area contributed by atoms with Gasteiger partial charge in [0.1, 0.15) is 36.3 Å². The van der Waals surface area contributed by atoms with Gasteiger partial charge in [0.25, 0.3) is 0 Å². The van der Waals surface area contributed by atoms with Gasteiger partial charge < -0.3 is 14.8 Å². The Kier molecular flexibility index (Phi) is 5.38. The van der Waals surface area contributed by atoms with Crippen LogP contribution in [-0.2, 0) is 9.53 Å². The smallest absolute Gasteiger partial charge is 0.415 e. The molecule has 1 N–H and O–H groups in total. The minimum atomic E-state index is -0.461. The van der Waals surface area contributed by atoms with Crippen molar-refractivity contribution in [2.45, 2.75) is 19.1 Å². The number of cyclic esters (lactones) is 1. The van der Waals surface area contributed by atoms with E-state index in [4.69, 9.17) is 14.7 Å². The number of ether oxygens (including phenoxy) is 2. The van der Waals surface area contributed by atoms with E-state index in [-0.39, 0.29) is 37.5 Å². The molecule has 2 atom stereocenters. The Morgan fingerprint density at radius 3 is 2.82 bits per heavy atom. The molecule has 4 rings (SSSR count). The van der Waals surface area contributed by atoms with Crippen LogP contribution in [0.2, 0.25) is 0 Å². The van der Waals surface area contributed by atoms with E-state index in [1.54, 1.807) is 23.2 Å². The van der Waals surface area contributed by atoms with Crippen molar-refractivity contribution in [2.75, 3.05) is 18.1 Å². The van der Waals surface area contributed by atoms with Gasteiger partial charge in [-0.25, -0.2) is 9.78 Å². The number of hydrogen-bond donors (Lipinski definition) is 1. The normalized spacial score (nSPS) is 19.3. The quantitative estimate of drug-likeness (QED) is 0.847. The number of carbonyl (C=O) groups is 2. The molecule has 1 aromatic heterocycles. The number of aromatic nitrogens is 1. The Morgan fingerprint density at radius 2 is 2.14 bits per heavy atom. The fourth-order valence-electron chi connectivity index (χ4n) is 3.26. The van der Waals surface area contributed by atoms with Crippen LogP contribution in [0.4, 0.5) is 10.5 Å². The summed E-state index contributed by atoms with van der Waals surface area (Å²) in [4.78, 5) is 29.1. The number of pyridine rings is 1. The maximum absolute atomic E-state index is 12.3. The lowest BCUT2D eigenvalue weighted by molar-refractivity contribution is -0.119. The lowest BCUT2D eigenvalue weighted by Gasteiger charge is -2.31. The van der Waals surface area contributed by atoms with Crippen LogP contribution in [-0.4, -0.2) is 42.3 Å². The van der Waals surface area contributed by atoms with E-state index < -0.39 is 12.2 Å². The Hall–Kier alpha value is -3.31. The van der Waals surface area contributed by atoms with Gasteiger partial charge in [0.15, 0.2) is 0 Å². The maximum atomic E-state index is 12.3. The molecule has 0 unspecified atom stereocenters. The maximum Gasteiger partial charge on any atom is 0.415 e. The largest absolute Gasteiger partial charge is 0.489 e. The SMILES string of the molecule is CC(=O)NC[C@@H]1OC(=O)N2c3ccc(-c4ccc(C#N)nc4)cc3OC[C@@H]12.Cl. The van der Waals surface area contributed by atoms with Crippen LogP contribution in [0.15, 0.2) is 36.5 Å². The van der Waals surface area contributed by atoms with Crippen LogP contribution in [0.5, 0.6) is 5.75 Å². The van der Waals surface area contributed by atoms with E-state index in [1.165, 1.54) is 6.92 Å². The van der Waals surface area contributed by atoms with Crippen LogP contribution >= 0.6 is 12.4 Å². The fraction of sp³-hybridized carbons (Fsp3) is 0.263. The topological polar surface area (TPSA) is 105 Å². The van der Waals surface area contributed by atoms with Gasteiger partial charge in [0.05, 0.1) is 12.2 Å². The van der Waals surface area contributed by atoms with Crippen molar-refractivity contribution in [1.82, 2.24) is 10.3 Å². The molecule has 1 fully saturated rings. The monoisotopic (exact) mass is 400 g/mol. The Bertz CT molecular complexity index is 957. The summed E-state index contributed by atoms with van der Waals surface area (Å²) >= 11 is 0. The molecule has 1 aromatic carbocycles. The average molecular weight is 401 g/mol. The number of hydrogen-bond acceptors (Lipinski definition) is 6. The Morgan fingerprint density at radius 1 is 1.36 bits per heavy atom. The third-order valence-electron chi connectivity index (χ3n) is 4.60. The van der Waals surface area contributed by atoms with Crippen molar-refractivity contribution in [2.24, 2.45) is 0 Å². The number of anilines is 1. The standard InChI is InChI=1S/C19H16N4O4.ClH/c1-11(24)21-9-18-16-10-26-17-6-12(13-2-4-14(7-20)22-8-13)3-5-15(17)23(16)19(25)27-18;/h2-6,8,16,18H,9-10H2,1H3,(H,21,24);1H/t16-,18-;/m0./s1. The van der Waals surface area contributed by atoms with Crippen LogP contribution in [0.25, 0.3) is 11.1 Å². The van der Waals surface area contributed by atoms with Crippen LogP contribution in [0, 0.1) is 11.3 Å². The molecule has 2 aromatic rings. The summed E-state index contributed by atoms with van der Waals surface area (Å²) in [5.41, 5.74) is 2.69. The van der Waals surface area contributed by atoms with E-state index >= 15 is 0 Å². The lowest BCUT2D eigenvalue weighted by atomic mass is 10.0. The second-order valence-electron chi connectivity index (χ2n) is 6.33. The highest BCUT2D eigenvalue weighted by molar-refractivity contribution is 5.94. The van der Waals surface area contributed by atoms with Crippen molar-refractivity contribution >= 4 is 30.1 Å². The van der Waals surface area contributed by atoms with Gasteiger partial charge in [-0.15, -0.1) is 12.4 Å². The molecule has 0 saturated carbocycles. The zero-order valence-corrected chi connectivity index (χ0v) is 15.7. The third-order valence-corrected chi connectivity index (χ3v) is 4.60. The van der Waals surface area contributed by atoms with Crippen molar-refractivity contribution in [3.05, 3.63) is 42.2 Å². The van der Waals surface area contributed by atoms with Gasteiger partial charge >= 0.3 is 6.09 Å². The van der Waals surface area contributed by atoms with Gasteiger partial charge in [-0.05, 0) is 29.8 Å². The van der Waals surface area contributed by atoms with Crippen molar-refractivity contribution in [1.29, 1.82) is 5.26 Å². The van der Waals surface area contributed by atoms with Crippen molar-refractivity contribution in [3.8, 4) is 22.9 Å². The first-order valence-corrected chi connectivity index (χ1v) is 8.44. The van der Waals surface area contributed by atoms with Gasteiger partial charge in [0, 0.05) is 18.7 Å². The molecule has 0 aliphatic carbocycles. The van der Waals surface area contributed by atoms with Gasteiger partial charge in [0.2, 0.25) is 5.91 Å². The Labute approximate surface area is 167 Å². The molecule has 144 valence electrons. The van der Waals surface area contributed by atoms with Crippen LogP contribution < -0.4 is 15.0 Å². The van der Waals surface area contributed by atoms with Crippen LogP contribution in [0.1, 0.15) is 12.6 Å². The Balaban J connectivity index is 0.00000225. The second-order valence-corrected chi connectivity index (χ2v) is 6.33. The molecule has 3 heterocycles. The zero-order chi connectivity index (χ0) is 19.0. The molecule has 2 amide bonds. The first-order chi connectivity index (χ1) is 13.1. The summed E-state index contributed by atoms with van der Waals surface area (Å²) in [5, 5.41) is 11.5. The molecule has 8 nitrogen and oxygen atoms in total. The number of benzene rings is 1. The molecule has 9 heteroatoms. The molecule has 2 aliphatic heterocycles. The molecule has 28 heavy (non-hydrogen) atoms. The summed E-state index contributed by atoms with van der Waals surface area (Å²) in [6.07, 6.45) is 0.712. The number of rotatable bonds is 3.